The van der Waals surface area contributed by atoms with Crippen LogP contribution >= 0.6 is 11.8 Å². The standard InChI is InChI=1S/C13H19N3OS/c1-2-14-12-6-5-10(8-15-12)13(17)16-9-11-4-3-7-18-11/h5-6,8,11H,2-4,7,9H2,1H3,(H,14,15)(H,16,17). The zero-order valence-corrected chi connectivity index (χ0v) is 11.4. The first-order chi connectivity index (χ1) is 8.79. The van der Waals surface area contributed by atoms with Crippen molar-refractivity contribution in [3.05, 3.63) is 23.9 Å². The summed E-state index contributed by atoms with van der Waals surface area (Å²) < 4.78 is 0. The minimum Gasteiger partial charge on any atom is -0.370 e. The zero-order chi connectivity index (χ0) is 12.8. The fourth-order valence-electron chi connectivity index (χ4n) is 1.93. The first-order valence-electron chi connectivity index (χ1n) is 6.39. The zero-order valence-electron chi connectivity index (χ0n) is 10.6. The van der Waals surface area contributed by atoms with Gasteiger partial charge in [-0.05, 0) is 37.7 Å². The van der Waals surface area contributed by atoms with Gasteiger partial charge in [0.05, 0.1) is 5.56 Å². The van der Waals surface area contributed by atoms with Crippen LogP contribution in [0.1, 0.15) is 30.1 Å². The van der Waals surface area contributed by atoms with Gasteiger partial charge in [-0.3, -0.25) is 4.79 Å². The van der Waals surface area contributed by atoms with Gasteiger partial charge in [0.2, 0.25) is 0 Å². The van der Waals surface area contributed by atoms with Crippen LogP contribution in [0.3, 0.4) is 0 Å². The van der Waals surface area contributed by atoms with Gasteiger partial charge >= 0.3 is 0 Å². The van der Waals surface area contributed by atoms with Crippen LogP contribution in [-0.4, -0.2) is 35.0 Å². The number of pyridine rings is 1. The molecule has 1 amide bonds. The number of nitrogens with one attached hydrogen (secondary N) is 2. The summed E-state index contributed by atoms with van der Waals surface area (Å²) in [5, 5.41) is 6.66. The average molecular weight is 265 g/mol. The molecular formula is C13H19N3OS. The molecule has 5 heteroatoms. The van der Waals surface area contributed by atoms with Crippen molar-refractivity contribution in [1.29, 1.82) is 0 Å². The molecule has 1 aromatic rings. The van der Waals surface area contributed by atoms with Crippen LogP contribution in [0, 0.1) is 0 Å². The number of aromatic nitrogens is 1. The van der Waals surface area contributed by atoms with E-state index in [2.05, 4.69) is 15.6 Å². The average Bonchev–Trinajstić information content (AvgIpc) is 2.90. The topological polar surface area (TPSA) is 54.0 Å². The highest BCUT2D eigenvalue weighted by Crippen LogP contribution is 2.25. The van der Waals surface area contributed by atoms with Crippen LogP contribution in [0.15, 0.2) is 18.3 Å². The van der Waals surface area contributed by atoms with Crippen molar-refractivity contribution in [2.24, 2.45) is 0 Å². The molecule has 1 unspecified atom stereocenters. The van der Waals surface area contributed by atoms with E-state index in [1.807, 2.05) is 30.8 Å². The molecule has 18 heavy (non-hydrogen) atoms. The number of anilines is 1. The Hall–Kier alpha value is -1.23. The molecule has 98 valence electrons. The van der Waals surface area contributed by atoms with E-state index in [1.54, 1.807) is 6.20 Å². The highest BCUT2D eigenvalue weighted by atomic mass is 32.2. The van der Waals surface area contributed by atoms with Crippen LogP contribution < -0.4 is 10.6 Å². The molecule has 0 bridgehead atoms. The summed E-state index contributed by atoms with van der Waals surface area (Å²) in [6, 6.07) is 3.64. The van der Waals surface area contributed by atoms with Gasteiger partial charge in [0.25, 0.3) is 5.91 Å². The van der Waals surface area contributed by atoms with Crippen LogP contribution in [0.5, 0.6) is 0 Å². The van der Waals surface area contributed by atoms with Gasteiger partial charge in [0.15, 0.2) is 0 Å². The predicted octanol–water partition coefficient (Wildman–Crippen LogP) is 2.14. The Bertz CT molecular complexity index is 388. The molecular weight excluding hydrogens is 246 g/mol. The van der Waals surface area contributed by atoms with E-state index in [4.69, 9.17) is 0 Å². The first-order valence-corrected chi connectivity index (χ1v) is 7.44. The van der Waals surface area contributed by atoms with Gasteiger partial charge in [-0.25, -0.2) is 4.98 Å². The van der Waals surface area contributed by atoms with E-state index in [-0.39, 0.29) is 5.91 Å². The van der Waals surface area contributed by atoms with Crippen LogP contribution in [0.2, 0.25) is 0 Å². The minimum atomic E-state index is -0.0296. The third-order valence-corrected chi connectivity index (χ3v) is 4.30. The van der Waals surface area contributed by atoms with Crippen molar-refractivity contribution < 1.29 is 4.79 Å². The van der Waals surface area contributed by atoms with E-state index in [9.17, 15) is 4.79 Å². The highest BCUT2D eigenvalue weighted by Gasteiger charge is 2.16. The number of rotatable bonds is 5. The summed E-state index contributed by atoms with van der Waals surface area (Å²) in [5.74, 6) is 2.00. The van der Waals surface area contributed by atoms with E-state index in [0.717, 1.165) is 18.9 Å². The number of hydrogen-bond acceptors (Lipinski definition) is 4. The molecule has 4 nitrogen and oxygen atoms in total. The molecule has 1 atom stereocenters. The molecule has 0 aromatic carbocycles. The van der Waals surface area contributed by atoms with Crippen LogP contribution in [0.4, 0.5) is 5.82 Å². The van der Waals surface area contributed by atoms with E-state index in [0.29, 0.717) is 10.8 Å². The Morgan fingerprint density at radius 3 is 3.06 bits per heavy atom. The fraction of sp³-hybridized carbons (Fsp3) is 0.538. The van der Waals surface area contributed by atoms with Crippen molar-refractivity contribution in [2.75, 3.05) is 24.2 Å². The van der Waals surface area contributed by atoms with Gasteiger partial charge in [-0.1, -0.05) is 0 Å². The van der Waals surface area contributed by atoms with Crippen molar-refractivity contribution in [1.82, 2.24) is 10.3 Å². The Morgan fingerprint density at radius 1 is 1.56 bits per heavy atom. The summed E-state index contributed by atoms with van der Waals surface area (Å²) in [7, 11) is 0. The second-order valence-corrected chi connectivity index (χ2v) is 5.72. The summed E-state index contributed by atoms with van der Waals surface area (Å²) in [6.45, 7) is 3.61. The van der Waals surface area contributed by atoms with Gasteiger partial charge in [-0.15, -0.1) is 0 Å². The molecule has 1 aliphatic rings. The summed E-state index contributed by atoms with van der Waals surface area (Å²) in [4.78, 5) is 16.1. The number of amides is 1. The lowest BCUT2D eigenvalue weighted by Gasteiger charge is -2.10. The SMILES string of the molecule is CCNc1ccc(C(=O)NCC2CCCS2)cn1. The molecule has 0 aliphatic carbocycles. The molecule has 1 aromatic heterocycles. The summed E-state index contributed by atoms with van der Waals surface area (Å²) in [6.07, 6.45) is 4.10. The maximum absolute atomic E-state index is 11.9. The Balaban J connectivity index is 1.83. The number of carbonyl (C=O) groups is 1. The van der Waals surface area contributed by atoms with E-state index >= 15 is 0 Å². The largest absolute Gasteiger partial charge is 0.370 e. The lowest BCUT2D eigenvalue weighted by molar-refractivity contribution is 0.0953. The van der Waals surface area contributed by atoms with Gasteiger partial charge in [0.1, 0.15) is 5.82 Å². The van der Waals surface area contributed by atoms with E-state index < -0.39 is 0 Å². The Kier molecular flexibility index (Phi) is 4.87. The number of carbonyl (C=O) groups excluding carboxylic acids is 1. The summed E-state index contributed by atoms with van der Waals surface area (Å²) in [5.41, 5.74) is 0.625. The minimum absolute atomic E-state index is 0.0296. The van der Waals surface area contributed by atoms with Gasteiger partial charge < -0.3 is 10.6 Å². The van der Waals surface area contributed by atoms with Gasteiger partial charge in [0, 0.05) is 24.5 Å². The lowest BCUT2D eigenvalue weighted by Crippen LogP contribution is -2.29. The molecule has 0 saturated carbocycles. The molecule has 1 saturated heterocycles. The second kappa shape index (κ2) is 6.64. The highest BCUT2D eigenvalue weighted by molar-refractivity contribution is 8.00. The molecule has 2 rings (SSSR count). The predicted molar refractivity (Wildman–Crippen MR) is 76.2 cm³/mol. The lowest BCUT2D eigenvalue weighted by atomic mass is 10.2. The normalized spacial score (nSPS) is 18.6. The third-order valence-electron chi connectivity index (χ3n) is 2.90. The monoisotopic (exact) mass is 265 g/mol. The maximum atomic E-state index is 11.9. The third kappa shape index (κ3) is 3.63. The number of nitrogens with zero attached hydrogens (tertiary/aromatic N) is 1. The molecule has 2 N–H and O–H groups in total. The smallest absolute Gasteiger partial charge is 0.252 e. The molecule has 0 spiro atoms. The molecule has 0 radical (unpaired) electrons. The molecule has 2 heterocycles. The second-order valence-electron chi connectivity index (χ2n) is 4.31. The van der Waals surface area contributed by atoms with E-state index in [1.165, 1.54) is 18.6 Å². The summed E-state index contributed by atoms with van der Waals surface area (Å²) >= 11 is 1.95. The quantitative estimate of drug-likeness (QED) is 0.856. The molecule has 1 aliphatic heterocycles. The first kappa shape index (κ1) is 13.2. The number of hydrogen-bond donors (Lipinski definition) is 2. The van der Waals surface area contributed by atoms with Gasteiger partial charge in [-0.2, -0.15) is 11.8 Å². The van der Waals surface area contributed by atoms with Crippen LogP contribution in [-0.2, 0) is 0 Å². The van der Waals surface area contributed by atoms with Crippen molar-refractivity contribution in [2.45, 2.75) is 25.0 Å². The fourth-order valence-corrected chi connectivity index (χ4v) is 3.13. The number of thioether (sulfide) groups is 1. The van der Waals surface area contributed by atoms with Crippen molar-refractivity contribution >= 4 is 23.5 Å². The Labute approximate surface area is 112 Å². The van der Waals surface area contributed by atoms with Crippen molar-refractivity contribution in [3.63, 3.8) is 0 Å². The Morgan fingerprint density at radius 2 is 2.44 bits per heavy atom. The molecule has 1 fully saturated rings. The maximum Gasteiger partial charge on any atom is 0.252 e. The van der Waals surface area contributed by atoms with Crippen molar-refractivity contribution in [3.8, 4) is 0 Å². The van der Waals surface area contributed by atoms with Crippen LogP contribution in [0.25, 0.3) is 0 Å².